The number of rotatable bonds is 0. The second kappa shape index (κ2) is 2.83. The van der Waals surface area contributed by atoms with Gasteiger partial charge in [-0.2, -0.15) is 4.98 Å². The molecule has 4 heteroatoms. The average Bonchev–Trinajstić information content (AvgIpc) is 2.14. The summed E-state index contributed by atoms with van der Waals surface area (Å²) >= 11 is 0. The Balaban J connectivity index is 3.02. The molecule has 1 heterocycles. The lowest BCUT2D eigenvalue weighted by atomic mass is 10.2. The molecule has 72 valence electrons. The largest absolute Gasteiger partial charge is 0.369 e. The highest BCUT2D eigenvalue weighted by Crippen LogP contribution is 2.12. The van der Waals surface area contributed by atoms with Gasteiger partial charge in [-0.15, -0.1) is 0 Å². The van der Waals surface area contributed by atoms with E-state index in [9.17, 15) is 4.79 Å². The van der Waals surface area contributed by atoms with E-state index in [1.807, 2.05) is 25.1 Å². The average molecular weight is 189 g/mol. The standard InChI is InChI=1S/C10H11N3O/c1-6-3-4-8-7(5-6)9(14)12-10(11)13(8)2/h3-5H,1-2H3,(H2,11,12,14). The quantitative estimate of drug-likeness (QED) is 0.667. The fourth-order valence-electron chi connectivity index (χ4n) is 1.48. The van der Waals surface area contributed by atoms with Gasteiger partial charge in [0, 0.05) is 7.05 Å². The zero-order chi connectivity index (χ0) is 10.3. The van der Waals surface area contributed by atoms with Crippen LogP contribution in [0.15, 0.2) is 23.0 Å². The van der Waals surface area contributed by atoms with Gasteiger partial charge in [0.1, 0.15) is 0 Å². The van der Waals surface area contributed by atoms with Gasteiger partial charge >= 0.3 is 0 Å². The van der Waals surface area contributed by atoms with Gasteiger partial charge in [0.15, 0.2) is 0 Å². The minimum Gasteiger partial charge on any atom is -0.369 e. The maximum absolute atomic E-state index is 11.5. The van der Waals surface area contributed by atoms with Crippen molar-refractivity contribution in [2.45, 2.75) is 6.92 Å². The molecule has 2 aromatic rings. The molecule has 0 bridgehead atoms. The molecule has 1 aromatic carbocycles. The Kier molecular flexibility index (Phi) is 1.77. The Labute approximate surface area is 81.0 Å². The first kappa shape index (κ1) is 8.74. The number of aryl methyl sites for hydroxylation is 2. The first-order chi connectivity index (χ1) is 6.59. The Morgan fingerprint density at radius 1 is 1.43 bits per heavy atom. The number of nitrogens with zero attached hydrogens (tertiary/aromatic N) is 2. The molecule has 0 aliphatic rings. The van der Waals surface area contributed by atoms with Crippen molar-refractivity contribution < 1.29 is 0 Å². The van der Waals surface area contributed by atoms with E-state index >= 15 is 0 Å². The zero-order valence-electron chi connectivity index (χ0n) is 8.11. The lowest BCUT2D eigenvalue weighted by Gasteiger charge is -2.07. The van der Waals surface area contributed by atoms with Gasteiger partial charge in [0.2, 0.25) is 5.95 Å². The van der Waals surface area contributed by atoms with E-state index < -0.39 is 0 Å². The van der Waals surface area contributed by atoms with Crippen molar-refractivity contribution in [1.82, 2.24) is 9.55 Å². The summed E-state index contributed by atoms with van der Waals surface area (Å²) in [4.78, 5) is 15.2. The molecule has 2 N–H and O–H groups in total. The van der Waals surface area contributed by atoms with Crippen LogP contribution >= 0.6 is 0 Å². The summed E-state index contributed by atoms with van der Waals surface area (Å²) in [5.74, 6) is 0.242. The summed E-state index contributed by atoms with van der Waals surface area (Å²) in [5, 5.41) is 0.613. The minimum absolute atomic E-state index is 0.242. The van der Waals surface area contributed by atoms with Crippen LogP contribution in [0.3, 0.4) is 0 Å². The summed E-state index contributed by atoms with van der Waals surface area (Å²) in [6, 6.07) is 5.65. The Hall–Kier alpha value is -1.84. The Morgan fingerprint density at radius 2 is 2.14 bits per heavy atom. The van der Waals surface area contributed by atoms with Gasteiger partial charge in [0.25, 0.3) is 5.56 Å². The molecular weight excluding hydrogens is 178 g/mol. The van der Waals surface area contributed by atoms with E-state index in [0.717, 1.165) is 11.1 Å². The van der Waals surface area contributed by atoms with Crippen LogP contribution in [-0.2, 0) is 7.05 Å². The molecule has 0 radical (unpaired) electrons. The SMILES string of the molecule is Cc1ccc2c(c1)c(=O)nc(N)n2C. The van der Waals surface area contributed by atoms with Gasteiger partial charge < -0.3 is 10.3 Å². The third kappa shape index (κ3) is 1.16. The lowest BCUT2D eigenvalue weighted by molar-refractivity contribution is 0.921. The predicted molar refractivity (Wildman–Crippen MR) is 56.1 cm³/mol. The van der Waals surface area contributed by atoms with Gasteiger partial charge in [0.05, 0.1) is 10.9 Å². The third-order valence-electron chi connectivity index (χ3n) is 2.30. The number of benzene rings is 1. The van der Waals surface area contributed by atoms with Crippen LogP contribution in [0.5, 0.6) is 0 Å². The van der Waals surface area contributed by atoms with Crippen molar-refractivity contribution in [2.24, 2.45) is 7.05 Å². The van der Waals surface area contributed by atoms with Crippen LogP contribution in [-0.4, -0.2) is 9.55 Å². The maximum Gasteiger partial charge on any atom is 0.282 e. The molecule has 0 unspecified atom stereocenters. The van der Waals surface area contributed by atoms with Crippen molar-refractivity contribution in [3.05, 3.63) is 34.1 Å². The summed E-state index contributed by atoms with van der Waals surface area (Å²) in [5.41, 5.74) is 7.17. The highest BCUT2D eigenvalue weighted by atomic mass is 16.1. The molecule has 0 aliphatic heterocycles. The highest BCUT2D eigenvalue weighted by Gasteiger charge is 2.04. The summed E-state index contributed by atoms with van der Waals surface area (Å²) in [7, 11) is 1.79. The first-order valence-corrected chi connectivity index (χ1v) is 4.32. The molecule has 1 aromatic heterocycles. The van der Waals surface area contributed by atoms with Crippen LogP contribution in [0.25, 0.3) is 10.9 Å². The van der Waals surface area contributed by atoms with Gasteiger partial charge in [-0.1, -0.05) is 11.6 Å². The van der Waals surface area contributed by atoms with E-state index in [1.165, 1.54) is 0 Å². The van der Waals surface area contributed by atoms with Crippen molar-refractivity contribution in [3.63, 3.8) is 0 Å². The topological polar surface area (TPSA) is 60.9 Å². The Morgan fingerprint density at radius 3 is 2.86 bits per heavy atom. The number of anilines is 1. The second-order valence-corrected chi connectivity index (χ2v) is 3.35. The zero-order valence-corrected chi connectivity index (χ0v) is 8.11. The first-order valence-electron chi connectivity index (χ1n) is 4.32. The van der Waals surface area contributed by atoms with Crippen LogP contribution in [0.1, 0.15) is 5.56 Å². The van der Waals surface area contributed by atoms with E-state index in [2.05, 4.69) is 4.98 Å². The second-order valence-electron chi connectivity index (χ2n) is 3.35. The molecule has 0 saturated carbocycles. The smallest absolute Gasteiger partial charge is 0.282 e. The van der Waals surface area contributed by atoms with Crippen molar-refractivity contribution >= 4 is 16.9 Å². The number of nitrogen functional groups attached to an aromatic ring is 1. The molecule has 0 atom stereocenters. The Bertz CT molecular complexity index is 557. The van der Waals surface area contributed by atoms with Crippen molar-refractivity contribution in [3.8, 4) is 0 Å². The monoisotopic (exact) mass is 189 g/mol. The third-order valence-corrected chi connectivity index (χ3v) is 2.30. The maximum atomic E-state index is 11.5. The molecule has 0 fully saturated rings. The molecule has 0 amide bonds. The van der Waals surface area contributed by atoms with Crippen LogP contribution in [0.4, 0.5) is 5.95 Å². The van der Waals surface area contributed by atoms with Crippen molar-refractivity contribution in [2.75, 3.05) is 5.73 Å². The van der Waals surface area contributed by atoms with Gasteiger partial charge in [-0.3, -0.25) is 4.79 Å². The number of aromatic nitrogens is 2. The summed E-state index contributed by atoms with van der Waals surface area (Å²) < 4.78 is 1.70. The number of fused-ring (bicyclic) bond motifs is 1. The van der Waals surface area contributed by atoms with E-state index in [4.69, 9.17) is 5.73 Å². The molecule has 4 nitrogen and oxygen atoms in total. The normalized spacial score (nSPS) is 10.7. The summed E-state index contributed by atoms with van der Waals surface area (Å²) in [6.07, 6.45) is 0. The highest BCUT2D eigenvalue weighted by molar-refractivity contribution is 5.79. The van der Waals surface area contributed by atoms with E-state index in [-0.39, 0.29) is 11.5 Å². The lowest BCUT2D eigenvalue weighted by Crippen LogP contribution is -2.16. The molecule has 14 heavy (non-hydrogen) atoms. The molecule has 0 aliphatic carbocycles. The molecule has 0 saturated heterocycles. The number of hydrogen-bond acceptors (Lipinski definition) is 3. The van der Waals surface area contributed by atoms with Gasteiger partial charge in [-0.25, -0.2) is 0 Å². The molecular formula is C10H11N3O. The predicted octanol–water partition coefficient (Wildman–Crippen LogP) is 0.824. The molecule has 2 rings (SSSR count). The number of nitrogens with two attached hydrogens (primary N) is 1. The van der Waals surface area contributed by atoms with Crippen LogP contribution < -0.4 is 11.3 Å². The minimum atomic E-state index is -0.265. The van der Waals surface area contributed by atoms with E-state index in [1.54, 1.807) is 11.6 Å². The summed E-state index contributed by atoms with van der Waals surface area (Å²) in [6.45, 7) is 1.94. The van der Waals surface area contributed by atoms with E-state index in [0.29, 0.717) is 5.39 Å². The fourth-order valence-corrected chi connectivity index (χ4v) is 1.48. The van der Waals surface area contributed by atoms with Crippen LogP contribution in [0, 0.1) is 6.92 Å². The molecule has 0 spiro atoms. The fraction of sp³-hybridized carbons (Fsp3) is 0.200. The van der Waals surface area contributed by atoms with Crippen molar-refractivity contribution in [1.29, 1.82) is 0 Å². The van der Waals surface area contributed by atoms with Crippen LogP contribution in [0.2, 0.25) is 0 Å². The number of hydrogen-bond donors (Lipinski definition) is 1. The van der Waals surface area contributed by atoms with Gasteiger partial charge in [-0.05, 0) is 19.1 Å².